The molecule has 67 valence electrons. The third kappa shape index (κ3) is 9.15. The van der Waals surface area contributed by atoms with Crippen molar-refractivity contribution in [3.63, 3.8) is 0 Å². The Bertz CT molecular complexity index is 145. The molecule has 0 aliphatic heterocycles. The van der Waals surface area contributed by atoms with E-state index in [2.05, 4.69) is 19.1 Å². The lowest BCUT2D eigenvalue weighted by Crippen LogP contribution is -1.68. The monoisotopic (exact) mass is 165 g/mol. The zero-order valence-electron chi connectivity index (χ0n) is 7.75. The molecule has 0 fully saturated rings. The molecule has 0 rings (SSSR count). The fourth-order valence-electron chi connectivity index (χ4n) is 0.882. The van der Waals surface area contributed by atoms with Gasteiger partial charge in [0.25, 0.3) is 0 Å². The van der Waals surface area contributed by atoms with Gasteiger partial charge in [-0.05, 0) is 25.3 Å². The lowest BCUT2D eigenvalue weighted by molar-refractivity contribution is 0.564. The van der Waals surface area contributed by atoms with E-state index in [9.17, 15) is 4.79 Å². The maximum absolute atomic E-state index is 9.75. The smallest absolute Gasteiger partial charge is 0.225 e. The molecule has 0 aromatic carbocycles. The van der Waals surface area contributed by atoms with E-state index in [-0.39, 0.29) is 0 Å². The molecule has 1 radical (unpaired) electrons. The minimum absolute atomic E-state index is 0.942. The van der Waals surface area contributed by atoms with E-state index in [1.165, 1.54) is 25.3 Å². The van der Waals surface area contributed by atoms with Gasteiger partial charge in [0.2, 0.25) is 6.29 Å². The molecular weight excluding hydrogens is 148 g/mol. The summed E-state index contributed by atoms with van der Waals surface area (Å²) in [6, 6.07) is 0. The van der Waals surface area contributed by atoms with Crippen LogP contribution >= 0.6 is 0 Å². The number of allylic oxidation sites excluding steroid dienone is 4. The van der Waals surface area contributed by atoms with Crippen LogP contribution in [0.5, 0.6) is 0 Å². The second-order valence-electron chi connectivity index (χ2n) is 2.71. The van der Waals surface area contributed by atoms with Crippen molar-refractivity contribution < 1.29 is 4.79 Å². The molecule has 0 atom stereocenters. The van der Waals surface area contributed by atoms with Gasteiger partial charge in [-0.3, -0.25) is 4.79 Å². The molecule has 1 heteroatoms. The number of rotatable bonds is 7. The Balaban J connectivity index is 3.12. The Morgan fingerprint density at radius 3 is 2.42 bits per heavy atom. The first-order valence-electron chi connectivity index (χ1n) is 4.59. The zero-order valence-corrected chi connectivity index (χ0v) is 7.75. The molecule has 0 heterocycles. The molecule has 0 spiro atoms. The van der Waals surface area contributed by atoms with Gasteiger partial charge in [-0.25, -0.2) is 0 Å². The average Bonchev–Trinajstić information content (AvgIpc) is 2.10. The van der Waals surface area contributed by atoms with Gasteiger partial charge in [0, 0.05) is 0 Å². The molecule has 0 unspecified atom stereocenters. The lowest BCUT2D eigenvalue weighted by atomic mass is 10.2. The summed E-state index contributed by atoms with van der Waals surface area (Å²) >= 11 is 0. The second-order valence-corrected chi connectivity index (χ2v) is 2.71. The molecule has 0 aliphatic carbocycles. The molecule has 0 aliphatic rings. The number of hydrogen-bond acceptors (Lipinski definition) is 1. The summed E-state index contributed by atoms with van der Waals surface area (Å²) < 4.78 is 0. The van der Waals surface area contributed by atoms with E-state index in [0.717, 1.165) is 12.8 Å². The summed E-state index contributed by atoms with van der Waals surface area (Å²) in [6.45, 7) is 2.19. The molecule has 12 heavy (non-hydrogen) atoms. The van der Waals surface area contributed by atoms with Gasteiger partial charge in [-0.15, -0.1) is 0 Å². The van der Waals surface area contributed by atoms with E-state index in [1.807, 2.05) is 6.08 Å². The molecule has 0 amide bonds. The van der Waals surface area contributed by atoms with Gasteiger partial charge in [0.1, 0.15) is 0 Å². The maximum atomic E-state index is 9.75. The van der Waals surface area contributed by atoms with Gasteiger partial charge in [-0.1, -0.05) is 38.0 Å². The highest BCUT2D eigenvalue weighted by Crippen LogP contribution is 1.98. The van der Waals surface area contributed by atoms with Crippen molar-refractivity contribution in [2.45, 2.75) is 39.0 Å². The molecule has 0 saturated heterocycles. The van der Waals surface area contributed by atoms with E-state index in [4.69, 9.17) is 0 Å². The number of carbonyl (C=O) groups excluding carboxylic acids is 1. The van der Waals surface area contributed by atoms with Crippen LogP contribution in [0.3, 0.4) is 0 Å². The topological polar surface area (TPSA) is 17.1 Å². The van der Waals surface area contributed by atoms with Crippen LogP contribution in [0.2, 0.25) is 0 Å². The Labute approximate surface area is 75.2 Å². The van der Waals surface area contributed by atoms with E-state index in [0.29, 0.717) is 0 Å². The first-order valence-corrected chi connectivity index (χ1v) is 4.59. The van der Waals surface area contributed by atoms with Crippen LogP contribution in [0, 0.1) is 0 Å². The Morgan fingerprint density at radius 2 is 1.75 bits per heavy atom. The van der Waals surface area contributed by atoms with Crippen LogP contribution in [-0.2, 0) is 4.79 Å². The summed E-state index contributed by atoms with van der Waals surface area (Å²) in [5, 5.41) is 0. The van der Waals surface area contributed by atoms with Crippen molar-refractivity contribution in [3.05, 3.63) is 24.3 Å². The van der Waals surface area contributed by atoms with Gasteiger partial charge < -0.3 is 0 Å². The second kappa shape index (κ2) is 10.2. The Morgan fingerprint density at radius 1 is 1.08 bits per heavy atom. The van der Waals surface area contributed by atoms with Gasteiger partial charge in [0.15, 0.2) is 0 Å². The van der Waals surface area contributed by atoms with E-state index in [1.54, 1.807) is 6.29 Å². The van der Waals surface area contributed by atoms with Crippen molar-refractivity contribution in [2.75, 3.05) is 0 Å². The highest BCUT2D eigenvalue weighted by atomic mass is 16.1. The van der Waals surface area contributed by atoms with Gasteiger partial charge in [0.05, 0.1) is 0 Å². The van der Waals surface area contributed by atoms with E-state index >= 15 is 0 Å². The molecule has 0 aromatic rings. The van der Waals surface area contributed by atoms with Crippen LogP contribution in [0.1, 0.15) is 39.0 Å². The third-order valence-electron chi connectivity index (χ3n) is 1.58. The largest absolute Gasteiger partial charge is 0.286 e. The number of unbranched alkanes of at least 4 members (excludes halogenated alkanes) is 3. The highest BCUT2D eigenvalue weighted by Gasteiger charge is 1.78. The van der Waals surface area contributed by atoms with Crippen molar-refractivity contribution >= 4 is 6.29 Å². The van der Waals surface area contributed by atoms with Crippen molar-refractivity contribution in [2.24, 2.45) is 0 Å². The highest BCUT2D eigenvalue weighted by molar-refractivity contribution is 5.65. The van der Waals surface area contributed by atoms with Crippen molar-refractivity contribution in [3.8, 4) is 0 Å². The van der Waals surface area contributed by atoms with Crippen molar-refractivity contribution in [1.82, 2.24) is 0 Å². The summed E-state index contributed by atoms with van der Waals surface area (Å²) in [5.41, 5.74) is 0. The Hall–Kier alpha value is -0.850. The normalized spacial score (nSPS) is 11.4. The summed E-state index contributed by atoms with van der Waals surface area (Å²) in [6.07, 6.45) is 15.1. The maximum Gasteiger partial charge on any atom is 0.225 e. The van der Waals surface area contributed by atoms with Crippen LogP contribution in [-0.4, -0.2) is 6.29 Å². The zero-order chi connectivity index (χ0) is 9.07. The molecule has 1 nitrogen and oxygen atoms in total. The predicted molar refractivity (Wildman–Crippen MR) is 52.7 cm³/mol. The van der Waals surface area contributed by atoms with Crippen LogP contribution in [0.15, 0.2) is 24.3 Å². The molecule has 0 bridgehead atoms. The van der Waals surface area contributed by atoms with E-state index < -0.39 is 0 Å². The standard InChI is InChI=1S/C11H17O/c1-2-3-4-5-6-7-8-9-10-11-12/h5-6,9-10H,2-4,7-8H2,1H3/b6-5+,10-9+. The first-order chi connectivity index (χ1) is 5.91. The number of hydrogen-bond donors (Lipinski definition) is 0. The van der Waals surface area contributed by atoms with Crippen LogP contribution in [0.4, 0.5) is 0 Å². The Kier molecular flexibility index (Phi) is 9.43. The molecule has 0 saturated carbocycles. The minimum atomic E-state index is 0.942. The quantitative estimate of drug-likeness (QED) is 0.321. The summed E-state index contributed by atoms with van der Waals surface area (Å²) in [5.74, 6) is 0. The molecular formula is C11H17O. The van der Waals surface area contributed by atoms with Gasteiger partial charge >= 0.3 is 0 Å². The minimum Gasteiger partial charge on any atom is -0.286 e. The first kappa shape index (κ1) is 11.2. The van der Waals surface area contributed by atoms with Gasteiger partial charge in [-0.2, -0.15) is 0 Å². The molecule has 0 N–H and O–H groups in total. The summed E-state index contributed by atoms with van der Waals surface area (Å²) in [4.78, 5) is 9.75. The fourth-order valence-corrected chi connectivity index (χ4v) is 0.882. The average molecular weight is 165 g/mol. The summed E-state index contributed by atoms with van der Waals surface area (Å²) in [7, 11) is 0. The van der Waals surface area contributed by atoms with Crippen LogP contribution in [0.25, 0.3) is 0 Å². The third-order valence-corrected chi connectivity index (χ3v) is 1.58. The van der Waals surface area contributed by atoms with Crippen LogP contribution < -0.4 is 0 Å². The molecule has 0 aromatic heterocycles. The lowest BCUT2D eigenvalue weighted by Gasteiger charge is -1.88. The predicted octanol–water partition coefficient (Wildman–Crippen LogP) is 3.18. The fraction of sp³-hybridized carbons (Fsp3) is 0.545. The SMILES string of the molecule is CCCC/C=C/CC/C=C/[C]=O. The van der Waals surface area contributed by atoms with Crippen molar-refractivity contribution in [1.29, 1.82) is 0 Å².